The van der Waals surface area contributed by atoms with Crippen LogP contribution in [0.4, 0.5) is 0 Å². The number of rotatable bonds is 7. The van der Waals surface area contributed by atoms with Crippen LogP contribution in [0.2, 0.25) is 0 Å². The monoisotopic (exact) mass is 324 g/mol. The van der Waals surface area contributed by atoms with E-state index in [4.69, 9.17) is 0 Å². The van der Waals surface area contributed by atoms with Gasteiger partial charge in [0, 0.05) is 11.5 Å². The van der Waals surface area contributed by atoms with E-state index in [1.54, 1.807) is 6.92 Å². The van der Waals surface area contributed by atoms with Gasteiger partial charge < -0.3 is 5.32 Å². The van der Waals surface area contributed by atoms with Crippen LogP contribution in [-0.2, 0) is 11.2 Å². The van der Waals surface area contributed by atoms with Crippen molar-refractivity contribution in [3.05, 3.63) is 46.0 Å². The Balaban J connectivity index is 1.68. The van der Waals surface area contributed by atoms with Gasteiger partial charge in [-0.25, -0.2) is 10.9 Å². The molecule has 0 bridgehead atoms. The Morgan fingerprint density at radius 3 is 2.77 bits per heavy atom. The fraction of sp³-hybridized carbons (Fsp3) is 0.500. The molecule has 7 nitrogen and oxygen atoms in total. The van der Waals surface area contributed by atoms with Gasteiger partial charge in [-0.2, -0.15) is 0 Å². The van der Waals surface area contributed by atoms with E-state index in [0.29, 0.717) is 6.54 Å². The van der Waals surface area contributed by atoms with Gasteiger partial charge in [0.15, 0.2) is 0 Å². The largest absolute Gasteiger partial charge is 0.355 e. The highest BCUT2D eigenvalue weighted by atomic mass is 32.2. The first-order valence-corrected chi connectivity index (χ1v) is 8.19. The highest BCUT2D eigenvalue weighted by Gasteiger charge is 2.42. The summed E-state index contributed by atoms with van der Waals surface area (Å²) in [6.45, 7) is 2.32. The smallest absolute Gasteiger partial charge is 0.254 e. The minimum absolute atomic E-state index is 0.107. The Morgan fingerprint density at radius 2 is 2.09 bits per heavy atom. The maximum Gasteiger partial charge on any atom is 0.254 e. The molecule has 8 heteroatoms. The zero-order chi connectivity index (χ0) is 15.9. The minimum atomic E-state index is -0.734. The Morgan fingerprint density at radius 1 is 1.36 bits per heavy atom. The van der Waals surface area contributed by atoms with Crippen molar-refractivity contribution < 1.29 is 9.72 Å². The third-order valence-corrected chi connectivity index (χ3v) is 4.68. The molecule has 120 valence electrons. The van der Waals surface area contributed by atoms with E-state index in [9.17, 15) is 14.9 Å². The second-order valence-electron chi connectivity index (χ2n) is 5.17. The molecule has 1 fully saturated rings. The molecule has 3 N–H and O–H groups in total. The van der Waals surface area contributed by atoms with Gasteiger partial charge in [0.05, 0.1) is 11.8 Å². The predicted octanol–water partition coefficient (Wildman–Crippen LogP) is 0.546. The Hall–Kier alpha value is -1.64. The number of nitrogens with one attached hydrogen (secondary N) is 3. The van der Waals surface area contributed by atoms with Crippen LogP contribution in [-0.4, -0.2) is 40.6 Å². The molecule has 1 heterocycles. The number of amides is 1. The lowest BCUT2D eigenvalue weighted by atomic mass is 10.1. The number of nitro groups is 1. The van der Waals surface area contributed by atoms with E-state index in [1.165, 1.54) is 17.3 Å². The lowest BCUT2D eigenvalue weighted by Gasteiger charge is -2.13. The average Bonchev–Trinajstić information content (AvgIpc) is 2.87. The highest BCUT2D eigenvalue weighted by Crippen LogP contribution is 2.20. The molecule has 0 aromatic heterocycles. The molecule has 3 atom stereocenters. The van der Waals surface area contributed by atoms with Gasteiger partial charge in [0.2, 0.25) is 5.91 Å². The van der Waals surface area contributed by atoms with Gasteiger partial charge >= 0.3 is 0 Å². The van der Waals surface area contributed by atoms with Crippen molar-refractivity contribution in [3.8, 4) is 0 Å². The molecule has 1 aromatic carbocycles. The van der Waals surface area contributed by atoms with Crippen molar-refractivity contribution >= 4 is 17.7 Å². The number of carbonyl (C=O) groups is 1. The minimum Gasteiger partial charge on any atom is -0.355 e. The van der Waals surface area contributed by atoms with Crippen molar-refractivity contribution in [2.45, 2.75) is 30.8 Å². The van der Waals surface area contributed by atoms with E-state index in [-0.39, 0.29) is 22.6 Å². The zero-order valence-electron chi connectivity index (χ0n) is 12.3. The van der Waals surface area contributed by atoms with Gasteiger partial charge in [-0.1, -0.05) is 30.3 Å². The van der Waals surface area contributed by atoms with Crippen LogP contribution in [0.25, 0.3) is 0 Å². The summed E-state index contributed by atoms with van der Waals surface area (Å²) in [6, 6.07) is 8.91. The molecule has 0 saturated carbocycles. The first-order valence-electron chi connectivity index (χ1n) is 7.14. The molecule has 1 amide bonds. The lowest BCUT2D eigenvalue weighted by Crippen LogP contribution is -2.38. The second kappa shape index (κ2) is 8.11. The fourth-order valence-electron chi connectivity index (χ4n) is 2.29. The van der Waals surface area contributed by atoms with Gasteiger partial charge in [0.25, 0.3) is 6.04 Å². The summed E-state index contributed by atoms with van der Waals surface area (Å²) in [6.07, 6.45) is 0.773. The number of nitrogens with zero attached hydrogens (tertiary/aromatic N) is 1. The average molecular weight is 324 g/mol. The maximum atomic E-state index is 11.8. The molecule has 1 saturated heterocycles. The zero-order valence-corrected chi connectivity index (χ0v) is 13.1. The quantitative estimate of drug-likeness (QED) is 0.501. The van der Waals surface area contributed by atoms with Crippen molar-refractivity contribution in [3.63, 3.8) is 0 Å². The van der Waals surface area contributed by atoms with E-state index in [1.807, 2.05) is 30.3 Å². The van der Waals surface area contributed by atoms with Crippen LogP contribution in [0.3, 0.4) is 0 Å². The van der Waals surface area contributed by atoms with Crippen LogP contribution in [0, 0.1) is 10.1 Å². The normalized spacial score (nSPS) is 24.1. The standard InChI is InChI=1S/C14H20N4O3S/c1-10-13(18(20)21)14(17-16-10)22-9-12(19)15-8-7-11-5-3-2-4-6-11/h2-6,10,13-14,16-17H,7-9H2,1H3,(H,15,19). The van der Waals surface area contributed by atoms with Crippen LogP contribution in [0.15, 0.2) is 30.3 Å². The summed E-state index contributed by atoms with van der Waals surface area (Å²) in [7, 11) is 0. The molecule has 1 aliphatic rings. The molecule has 22 heavy (non-hydrogen) atoms. The number of hydrogen-bond donors (Lipinski definition) is 3. The van der Waals surface area contributed by atoms with Gasteiger partial charge in [-0.05, 0) is 18.9 Å². The third-order valence-electron chi connectivity index (χ3n) is 3.49. The molecule has 3 unspecified atom stereocenters. The maximum absolute atomic E-state index is 11.8. The fourth-order valence-corrected chi connectivity index (χ4v) is 3.40. The number of carbonyl (C=O) groups excluding carboxylic acids is 1. The summed E-state index contributed by atoms with van der Waals surface area (Å²) >= 11 is 1.25. The van der Waals surface area contributed by atoms with Crippen molar-refractivity contribution in [1.82, 2.24) is 16.2 Å². The number of thioether (sulfide) groups is 1. The van der Waals surface area contributed by atoms with Crippen LogP contribution in [0.1, 0.15) is 12.5 Å². The first-order chi connectivity index (χ1) is 10.6. The summed E-state index contributed by atoms with van der Waals surface area (Å²) in [5.74, 6) is 0.0925. The van der Waals surface area contributed by atoms with Gasteiger partial charge in [0.1, 0.15) is 5.37 Å². The molecule has 0 aliphatic carbocycles. The van der Waals surface area contributed by atoms with Gasteiger partial charge in [-0.15, -0.1) is 11.8 Å². The summed E-state index contributed by atoms with van der Waals surface area (Å²) in [5.41, 5.74) is 6.88. The Bertz CT molecular complexity index is 514. The number of benzene rings is 1. The van der Waals surface area contributed by atoms with E-state index in [0.717, 1.165) is 6.42 Å². The Labute approximate surface area is 133 Å². The van der Waals surface area contributed by atoms with Crippen LogP contribution >= 0.6 is 11.8 Å². The van der Waals surface area contributed by atoms with Crippen molar-refractivity contribution in [2.75, 3.05) is 12.3 Å². The van der Waals surface area contributed by atoms with Gasteiger partial charge in [-0.3, -0.25) is 14.9 Å². The lowest BCUT2D eigenvalue weighted by molar-refractivity contribution is -0.521. The summed E-state index contributed by atoms with van der Waals surface area (Å²) in [4.78, 5) is 22.5. The molecule has 0 radical (unpaired) electrons. The van der Waals surface area contributed by atoms with Crippen LogP contribution in [0.5, 0.6) is 0 Å². The highest BCUT2D eigenvalue weighted by molar-refractivity contribution is 8.00. The second-order valence-corrected chi connectivity index (χ2v) is 6.30. The van der Waals surface area contributed by atoms with Crippen molar-refractivity contribution in [2.24, 2.45) is 0 Å². The first kappa shape index (κ1) is 16.7. The molecule has 2 rings (SSSR count). The molecule has 1 aliphatic heterocycles. The Kier molecular flexibility index (Phi) is 6.17. The summed E-state index contributed by atoms with van der Waals surface area (Å²) in [5, 5.41) is 13.4. The van der Waals surface area contributed by atoms with E-state index in [2.05, 4.69) is 16.2 Å². The molecular formula is C14H20N4O3S. The van der Waals surface area contributed by atoms with Crippen LogP contribution < -0.4 is 16.2 Å². The van der Waals surface area contributed by atoms with E-state index < -0.39 is 11.4 Å². The molecule has 1 aromatic rings. The third kappa shape index (κ3) is 4.69. The number of hydrazine groups is 1. The summed E-state index contributed by atoms with van der Waals surface area (Å²) < 4.78 is 0. The predicted molar refractivity (Wildman–Crippen MR) is 85.9 cm³/mol. The molecule has 0 spiro atoms. The van der Waals surface area contributed by atoms with Crippen molar-refractivity contribution in [1.29, 1.82) is 0 Å². The topological polar surface area (TPSA) is 96.3 Å². The van der Waals surface area contributed by atoms with E-state index >= 15 is 0 Å². The SMILES string of the molecule is CC1NNC(SCC(=O)NCCc2ccccc2)C1[N+](=O)[O-]. The molecular weight excluding hydrogens is 304 g/mol. The number of hydrogen-bond acceptors (Lipinski definition) is 6.